The molecule has 0 aromatic heterocycles. The second-order valence-corrected chi connectivity index (χ2v) is 4.24. The molecule has 0 atom stereocenters. The summed E-state index contributed by atoms with van der Waals surface area (Å²) in [5, 5.41) is 0. The Bertz CT molecular complexity index is 134. The van der Waals surface area contributed by atoms with E-state index in [4.69, 9.17) is 0 Å². The van der Waals surface area contributed by atoms with Gasteiger partial charge < -0.3 is 0 Å². The average molecular weight is 216 g/mol. The number of Topliss-reactive ketones (excluding diaryl/α,β-unsaturated/α-hetero) is 1. The number of thiol groups is 1. The molecule has 0 radical (unpaired) electrons. The lowest BCUT2D eigenvalue weighted by Crippen LogP contribution is -1.98. The minimum Gasteiger partial charge on any atom is -0.299 e. The molecule has 0 bridgehead atoms. The third-order valence-corrected chi connectivity index (χ3v) is 2.84. The summed E-state index contributed by atoms with van der Waals surface area (Å²) in [6, 6.07) is 0. The molecule has 0 aromatic carbocycles. The number of unbranched alkanes of at least 4 members (excludes halogenated alkanes) is 7. The van der Waals surface area contributed by atoms with Gasteiger partial charge in [0.25, 0.3) is 0 Å². The molecule has 0 aliphatic rings. The standard InChI is InChI=1S/C12H24OS/c1-2-3-4-5-6-7-8-9-10-12(13)11-14/h14H,2-11H2,1H3. The highest BCUT2D eigenvalue weighted by atomic mass is 32.1. The van der Waals surface area contributed by atoms with Crippen LogP contribution in [0.5, 0.6) is 0 Å². The lowest BCUT2D eigenvalue weighted by molar-refractivity contribution is -0.116. The summed E-state index contributed by atoms with van der Waals surface area (Å²) >= 11 is 3.95. The Balaban J connectivity index is 2.95. The molecule has 0 rings (SSSR count). The zero-order chi connectivity index (χ0) is 10.6. The second kappa shape index (κ2) is 11.1. The Kier molecular flexibility index (Phi) is 11.1. The summed E-state index contributed by atoms with van der Waals surface area (Å²) in [5.41, 5.74) is 0. The van der Waals surface area contributed by atoms with Crippen molar-refractivity contribution in [3.05, 3.63) is 0 Å². The first-order chi connectivity index (χ1) is 6.81. The molecule has 0 N–H and O–H groups in total. The summed E-state index contributed by atoms with van der Waals surface area (Å²) in [4.78, 5) is 10.9. The largest absolute Gasteiger partial charge is 0.299 e. The Hall–Kier alpha value is 0.0200. The minimum absolute atomic E-state index is 0.291. The van der Waals surface area contributed by atoms with E-state index in [0.29, 0.717) is 11.5 Å². The zero-order valence-corrected chi connectivity index (χ0v) is 10.3. The topological polar surface area (TPSA) is 17.1 Å². The first-order valence-electron chi connectivity index (χ1n) is 5.93. The molecule has 0 fully saturated rings. The molecule has 0 saturated heterocycles. The van der Waals surface area contributed by atoms with Crippen LogP contribution in [-0.4, -0.2) is 11.5 Å². The number of carbonyl (C=O) groups is 1. The van der Waals surface area contributed by atoms with Gasteiger partial charge in [0.1, 0.15) is 5.78 Å². The Morgan fingerprint density at radius 3 is 1.93 bits per heavy atom. The molecule has 0 aliphatic carbocycles. The van der Waals surface area contributed by atoms with Gasteiger partial charge in [0, 0.05) is 12.2 Å². The first-order valence-corrected chi connectivity index (χ1v) is 6.57. The Labute approximate surface area is 94.1 Å². The molecule has 0 amide bonds. The van der Waals surface area contributed by atoms with E-state index >= 15 is 0 Å². The molecule has 0 aromatic rings. The summed E-state index contributed by atoms with van der Waals surface area (Å²) in [7, 11) is 0. The van der Waals surface area contributed by atoms with E-state index in [2.05, 4.69) is 19.6 Å². The molecule has 0 spiro atoms. The van der Waals surface area contributed by atoms with Crippen LogP contribution in [-0.2, 0) is 4.79 Å². The lowest BCUT2D eigenvalue weighted by Gasteiger charge is -2.00. The van der Waals surface area contributed by atoms with Gasteiger partial charge in [-0.15, -0.1) is 0 Å². The monoisotopic (exact) mass is 216 g/mol. The van der Waals surface area contributed by atoms with Crippen LogP contribution in [0.1, 0.15) is 64.7 Å². The molecule has 0 heterocycles. The number of hydrogen-bond acceptors (Lipinski definition) is 2. The quantitative estimate of drug-likeness (QED) is 0.431. The minimum atomic E-state index is 0.291. The van der Waals surface area contributed by atoms with E-state index in [1.807, 2.05) is 0 Å². The molecule has 0 unspecified atom stereocenters. The van der Waals surface area contributed by atoms with E-state index < -0.39 is 0 Å². The summed E-state index contributed by atoms with van der Waals surface area (Å²) < 4.78 is 0. The smallest absolute Gasteiger partial charge is 0.142 e. The normalized spacial score (nSPS) is 10.4. The van der Waals surface area contributed by atoms with Crippen molar-refractivity contribution in [3.8, 4) is 0 Å². The van der Waals surface area contributed by atoms with Crippen LogP contribution in [0.25, 0.3) is 0 Å². The van der Waals surface area contributed by atoms with E-state index in [1.165, 1.54) is 44.9 Å². The van der Waals surface area contributed by atoms with E-state index in [0.717, 1.165) is 12.8 Å². The van der Waals surface area contributed by atoms with E-state index in [-0.39, 0.29) is 0 Å². The van der Waals surface area contributed by atoms with Crippen molar-refractivity contribution < 1.29 is 4.79 Å². The SMILES string of the molecule is CCCCCCCCCCC(=O)CS. The fraction of sp³-hybridized carbons (Fsp3) is 0.917. The van der Waals surface area contributed by atoms with Gasteiger partial charge in [0.05, 0.1) is 0 Å². The third kappa shape index (κ3) is 10.1. The van der Waals surface area contributed by atoms with Gasteiger partial charge in [0.15, 0.2) is 0 Å². The van der Waals surface area contributed by atoms with Crippen LogP contribution in [0.3, 0.4) is 0 Å². The highest BCUT2D eigenvalue weighted by Crippen LogP contribution is 2.09. The average Bonchev–Trinajstić information content (AvgIpc) is 2.21. The van der Waals surface area contributed by atoms with Crippen molar-refractivity contribution in [1.82, 2.24) is 0 Å². The molecular weight excluding hydrogens is 192 g/mol. The molecule has 0 saturated carbocycles. The Morgan fingerprint density at radius 2 is 1.43 bits per heavy atom. The predicted octanol–water partition coefficient (Wildman–Crippen LogP) is 4.02. The Morgan fingerprint density at radius 1 is 0.929 bits per heavy atom. The van der Waals surface area contributed by atoms with Gasteiger partial charge in [-0.1, -0.05) is 51.9 Å². The molecule has 84 valence electrons. The number of rotatable bonds is 10. The zero-order valence-electron chi connectivity index (χ0n) is 9.43. The lowest BCUT2D eigenvalue weighted by atomic mass is 10.1. The van der Waals surface area contributed by atoms with Crippen molar-refractivity contribution in [2.45, 2.75) is 64.7 Å². The van der Waals surface area contributed by atoms with Crippen molar-refractivity contribution in [1.29, 1.82) is 0 Å². The van der Waals surface area contributed by atoms with E-state index in [9.17, 15) is 4.79 Å². The van der Waals surface area contributed by atoms with Gasteiger partial charge in [-0.3, -0.25) is 4.79 Å². The van der Waals surface area contributed by atoms with Crippen molar-refractivity contribution >= 4 is 18.4 Å². The summed E-state index contributed by atoms with van der Waals surface area (Å²) in [5.74, 6) is 0.704. The van der Waals surface area contributed by atoms with Crippen LogP contribution >= 0.6 is 12.6 Å². The second-order valence-electron chi connectivity index (χ2n) is 3.92. The number of carbonyl (C=O) groups excluding carboxylic acids is 1. The molecule has 14 heavy (non-hydrogen) atoms. The molecule has 0 aliphatic heterocycles. The molecule has 2 heteroatoms. The van der Waals surface area contributed by atoms with Gasteiger partial charge >= 0.3 is 0 Å². The third-order valence-electron chi connectivity index (χ3n) is 2.49. The number of ketones is 1. The van der Waals surface area contributed by atoms with Crippen LogP contribution in [0.4, 0.5) is 0 Å². The van der Waals surface area contributed by atoms with Crippen LogP contribution in [0.2, 0.25) is 0 Å². The van der Waals surface area contributed by atoms with Crippen LogP contribution in [0, 0.1) is 0 Å². The predicted molar refractivity (Wildman–Crippen MR) is 66.1 cm³/mol. The maximum absolute atomic E-state index is 10.9. The highest BCUT2D eigenvalue weighted by Gasteiger charge is 1.97. The van der Waals surface area contributed by atoms with Crippen LogP contribution in [0.15, 0.2) is 0 Å². The first kappa shape index (κ1) is 14.0. The molecule has 1 nitrogen and oxygen atoms in total. The van der Waals surface area contributed by atoms with Crippen molar-refractivity contribution in [2.24, 2.45) is 0 Å². The molecular formula is C12H24OS. The fourth-order valence-corrected chi connectivity index (χ4v) is 1.69. The van der Waals surface area contributed by atoms with Crippen LogP contribution < -0.4 is 0 Å². The highest BCUT2D eigenvalue weighted by molar-refractivity contribution is 7.81. The fourth-order valence-electron chi connectivity index (χ4n) is 1.54. The van der Waals surface area contributed by atoms with E-state index in [1.54, 1.807) is 0 Å². The summed E-state index contributed by atoms with van der Waals surface area (Å²) in [6.45, 7) is 2.24. The maximum atomic E-state index is 10.9. The number of hydrogen-bond donors (Lipinski definition) is 1. The van der Waals surface area contributed by atoms with Gasteiger partial charge in [0.2, 0.25) is 0 Å². The maximum Gasteiger partial charge on any atom is 0.142 e. The summed E-state index contributed by atoms with van der Waals surface area (Å²) in [6.07, 6.45) is 11.1. The van der Waals surface area contributed by atoms with Gasteiger partial charge in [-0.25, -0.2) is 0 Å². The van der Waals surface area contributed by atoms with Gasteiger partial charge in [-0.05, 0) is 6.42 Å². The van der Waals surface area contributed by atoms with Crippen molar-refractivity contribution in [2.75, 3.05) is 5.75 Å². The van der Waals surface area contributed by atoms with Crippen molar-refractivity contribution in [3.63, 3.8) is 0 Å². The van der Waals surface area contributed by atoms with Gasteiger partial charge in [-0.2, -0.15) is 12.6 Å².